The van der Waals surface area contributed by atoms with Gasteiger partial charge in [0.25, 0.3) is 0 Å². The average Bonchev–Trinajstić information content (AvgIpc) is 3.24. The van der Waals surface area contributed by atoms with Crippen molar-refractivity contribution in [3.05, 3.63) is 144 Å². The van der Waals surface area contributed by atoms with E-state index in [0.29, 0.717) is 0 Å². The molecule has 0 bridgehead atoms. The Kier molecular flexibility index (Phi) is 5.09. The molecule has 0 N–H and O–H groups in total. The van der Waals surface area contributed by atoms with Crippen LogP contribution in [0.3, 0.4) is 0 Å². The normalized spacial score (nSPS) is 18.8. The van der Waals surface area contributed by atoms with Crippen LogP contribution in [0.4, 0.5) is 0 Å². The Bertz CT molecular complexity index is 893. The van der Waals surface area contributed by atoms with Gasteiger partial charge in [-0.1, -0.05) is 138 Å². The topological polar surface area (TPSA) is 0 Å². The Morgan fingerprint density at radius 1 is 0.448 bits per heavy atom. The van der Waals surface area contributed by atoms with E-state index in [4.69, 9.17) is 0 Å². The lowest BCUT2D eigenvalue weighted by atomic mass is 9.61. The van der Waals surface area contributed by atoms with E-state index in [0.717, 1.165) is 16.5 Å². The third kappa shape index (κ3) is 2.90. The molecular weight excluding hydrogens is 386 g/mol. The minimum absolute atomic E-state index is 0.0589. The molecule has 0 aliphatic carbocycles. The van der Waals surface area contributed by atoms with E-state index < -0.39 is 0 Å². The SMILES string of the molecule is c1ccc(C2(c3ccccc3)CPPC2(c2ccccc2)c2ccccc2)cc1. The van der Waals surface area contributed by atoms with Gasteiger partial charge in [0, 0.05) is 5.41 Å². The summed E-state index contributed by atoms with van der Waals surface area (Å²) in [6.07, 6.45) is 1.18. The second-order valence-electron chi connectivity index (χ2n) is 7.60. The van der Waals surface area contributed by atoms with Crippen LogP contribution in [0, 0.1) is 0 Å². The van der Waals surface area contributed by atoms with Crippen molar-refractivity contribution in [3.63, 3.8) is 0 Å². The Balaban J connectivity index is 1.90. The van der Waals surface area contributed by atoms with Crippen molar-refractivity contribution in [3.8, 4) is 0 Å². The second kappa shape index (κ2) is 7.87. The molecule has 1 aliphatic rings. The van der Waals surface area contributed by atoms with E-state index >= 15 is 0 Å². The van der Waals surface area contributed by atoms with Crippen molar-refractivity contribution in [2.75, 3.05) is 6.16 Å². The lowest BCUT2D eigenvalue weighted by Gasteiger charge is -2.48. The summed E-state index contributed by atoms with van der Waals surface area (Å²) in [4.78, 5) is 0. The first-order valence-corrected chi connectivity index (χ1v) is 13.3. The summed E-state index contributed by atoms with van der Waals surface area (Å²) in [6.45, 7) is 0. The maximum Gasteiger partial charge on any atom is 0.0550 e. The molecule has 4 aromatic rings. The minimum Gasteiger partial charge on any atom is -0.0967 e. The second-order valence-corrected chi connectivity index (χ2v) is 11.1. The smallest absolute Gasteiger partial charge is 0.0550 e. The van der Waals surface area contributed by atoms with Gasteiger partial charge in [-0.3, -0.25) is 0 Å². The largest absolute Gasteiger partial charge is 0.0967 e. The average molecular weight is 410 g/mol. The van der Waals surface area contributed by atoms with E-state index in [2.05, 4.69) is 121 Å². The fourth-order valence-electron chi connectivity index (χ4n) is 4.98. The molecule has 142 valence electrons. The fraction of sp³-hybridized carbons (Fsp3) is 0.111. The summed E-state index contributed by atoms with van der Waals surface area (Å²) in [5.41, 5.74) is 5.65. The van der Waals surface area contributed by atoms with Gasteiger partial charge in [0.05, 0.1) is 5.16 Å². The first kappa shape index (κ1) is 18.7. The highest BCUT2D eigenvalue weighted by Crippen LogP contribution is 2.74. The standard InChI is InChI=1S/C27H24P2/c1-5-13-22(14-6-1)26(23-15-7-2-8-16-23)21-28-29-27(26,24-17-9-3-10-18-24)25-19-11-4-12-20-25/h1-20,28-29H,21H2. The molecule has 1 aliphatic heterocycles. The van der Waals surface area contributed by atoms with Gasteiger partial charge in [-0.05, 0) is 28.4 Å². The third-order valence-electron chi connectivity index (χ3n) is 6.22. The summed E-state index contributed by atoms with van der Waals surface area (Å²) < 4.78 is 0. The van der Waals surface area contributed by atoms with Crippen LogP contribution < -0.4 is 0 Å². The first-order chi connectivity index (χ1) is 14.4. The Morgan fingerprint density at radius 3 is 1.17 bits per heavy atom. The van der Waals surface area contributed by atoms with Crippen LogP contribution in [0.2, 0.25) is 0 Å². The van der Waals surface area contributed by atoms with E-state index in [-0.39, 0.29) is 10.6 Å². The highest BCUT2D eigenvalue weighted by Gasteiger charge is 2.58. The van der Waals surface area contributed by atoms with Crippen LogP contribution in [-0.4, -0.2) is 6.16 Å². The van der Waals surface area contributed by atoms with Gasteiger partial charge in [-0.15, -0.1) is 0 Å². The van der Waals surface area contributed by atoms with Crippen molar-refractivity contribution >= 4 is 16.5 Å². The summed E-state index contributed by atoms with van der Waals surface area (Å²) in [7, 11) is 1.80. The van der Waals surface area contributed by atoms with E-state index in [1.54, 1.807) is 0 Å². The number of benzene rings is 4. The van der Waals surface area contributed by atoms with Crippen molar-refractivity contribution in [2.24, 2.45) is 0 Å². The van der Waals surface area contributed by atoms with Gasteiger partial charge in [0.1, 0.15) is 0 Å². The molecule has 0 amide bonds. The lowest BCUT2D eigenvalue weighted by molar-refractivity contribution is 0.471. The van der Waals surface area contributed by atoms with Crippen LogP contribution >= 0.6 is 16.5 Å². The maximum atomic E-state index is 2.34. The van der Waals surface area contributed by atoms with Crippen LogP contribution in [-0.2, 0) is 10.6 Å². The summed E-state index contributed by atoms with van der Waals surface area (Å²) >= 11 is 0. The molecule has 1 saturated heterocycles. The zero-order valence-corrected chi connectivity index (χ0v) is 18.3. The molecule has 1 fully saturated rings. The zero-order valence-electron chi connectivity index (χ0n) is 16.3. The first-order valence-electron chi connectivity index (χ1n) is 10.1. The Morgan fingerprint density at radius 2 is 0.793 bits per heavy atom. The molecule has 0 spiro atoms. The van der Waals surface area contributed by atoms with Gasteiger partial charge in [-0.25, -0.2) is 0 Å². The minimum atomic E-state index is -0.0743. The molecule has 29 heavy (non-hydrogen) atoms. The number of hydrogen-bond acceptors (Lipinski definition) is 0. The van der Waals surface area contributed by atoms with Crippen molar-refractivity contribution in [1.82, 2.24) is 0 Å². The van der Waals surface area contributed by atoms with Gasteiger partial charge in [0.2, 0.25) is 0 Å². The molecule has 2 heteroatoms. The predicted octanol–water partition coefficient (Wildman–Crippen LogP) is 7.20. The van der Waals surface area contributed by atoms with Crippen molar-refractivity contribution in [2.45, 2.75) is 10.6 Å². The molecule has 1 heterocycles. The van der Waals surface area contributed by atoms with E-state index in [1.807, 2.05) is 0 Å². The molecule has 5 rings (SSSR count). The predicted molar refractivity (Wildman–Crippen MR) is 129 cm³/mol. The number of hydrogen-bond donors (Lipinski definition) is 0. The van der Waals surface area contributed by atoms with E-state index in [9.17, 15) is 0 Å². The highest BCUT2D eigenvalue weighted by atomic mass is 32.0. The third-order valence-corrected chi connectivity index (χ3v) is 10.7. The van der Waals surface area contributed by atoms with Gasteiger partial charge in [-0.2, -0.15) is 0 Å². The van der Waals surface area contributed by atoms with E-state index in [1.165, 1.54) is 28.4 Å². The van der Waals surface area contributed by atoms with Crippen LogP contribution in [0.25, 0.3) is 0 Å². The molecule has 2 atom stereocenters. The van der Waals surface area contributed by atoms with Gasteiger partial charge >= 0.3 is 0 Å². The fourth-order valence-corrected chi connectivity index (χ4v) is 11.0. The summed E-state index contributed by atoms with van der Waals surface area (Å²) in [6, 6.07) is 44.9. The lowest BCUT2D eigenvalue weighted by Crippen LogP contribution is -2.46. The molecule has 0 nitrogen and oxygen atoms in total. The Labute approximate surface area is 176 Å². The summed E-state index contributed by atoms with van der Waals surface area (Å²) in [5, 5.41) is -0.0589. The highest BCUT2D eigenvalue weighted by molar-refractivity contribution is 8.13. The van der Waals surface area contributed by atoms with Crippen LogP contribution in [0.5, 0.6) is 0 Å². The van der Waals surface area contributed by atoms with Crippen molar-refractivity contribution in [1.29, 1.82) is 0 Å². The van der Waals surface area contributed by atoms with Gasteiger partial charge < -0.3 is 0 Å². The monoisotopic (exact) mass is 410 g/mol. The molecule has 2 unspecified atom stereocenters. The molecule has 0 saturated carbocycles. The molecule has 0 aromatic heterocycles. The summed E-state index contributed by atoms with van der Waals surface area (Å²) in [5.74, 6) is 0. The maximum absolute atomic E-state index is 2.34. The molecular formula is C27H24P2. The van der Waals surface area contributed by atoms with Gasteiger partial charge in [0.15, 0.2) is 0 Å². The zero-order chi connectivity index (χ0) is 19.6. The Hall–Kier alpha value is -2.26. The van der Waals surface area contributed by atoms with Crippen molar-refractivity contribution < 1.29 is 0 Å². The quantitative estimate of drug-likeness (QED) is 0.312. The number of rotatable bonds is 4. The molecule has 0 radical (unpaired) electrons. The van der Waals surface area contributed by atoms with Crippen LogP contribution in [0.15, 0.2) is 121 Å². The van der Waals surface area contributed by atoms with Crippen LogP contribution in [0.1, 0.15) is 22.3 Å². The molecule has 4 aromatic carbocycles.